The number of nitrogens with two attached hydrogens (primary N) is 1. The molecule has 12 atom stereocenters. The molecule has 0 aromatic heterocycles. The molecule has 5 rings (SSSR count). The van der Waals surface area contributed by atoms with Crippen LogP contribution in [0.2, 0.25) is 0 Å². The SMILES string of the molecule is CC(C)[C@@H](C)/C=C/[C@@H](C)[C@H]1CCC2=C3[C@@H](O)C4OC45C[C@@H](OC(=O)[C@@H](N)[C@@H](OS(=O)(=O)O)C(C)C)CC[C@]5(C)[C@H]3CC[C@@]21C(=O)O. The fourth-order valence-electron chi connectivity index (χ4n) is 9.65. The third-order valence-corrected chi connectivity index (χ3v) is 13.1. The van der Waals surface area contributed by atoms with E-state index >= 15 is 0 Å². The van der Waals surface area contributed by atoms with Gasteiger partial charge < -0.3 is 25.4 Å². The molecule has 3 saturated carbocycles. The topological polar surface area (TPSA) is 186 Å². The van der Waals surface area contributed by atoms with Gasteiger partial charge in [-0.25, -0.2) is 4.18 Å². The molecule has 1 spiro atoms. The van der Waals surface area contributed by atoms with E-state index in [-0.39, 0.29) is 23.2 Å². The zero-order valence-electron chi connectivity index (χ0n) is 28.1. The number of allylic oxidation sites excluding steroid dienone is 2. The standard InChI is InChI=1S/C34H53NO10S/c1-17(2)19(5)8-9-20(6)22-10-11-24-25-23(13-15-33(22,24)31(38)39)32(7)14-12-21(16-34(32)29(44-34)27(25)36)43-30(37)26(35)28(18(3)4)45-46(40,41)42/h8-9,17-23,26-29,36H,10-16,35H2,1-7H3,(H,38,39)(H,40,41,42)/b9-8+/t19-,20+,21-,22+,23-,26-,27+,28-,29?,32+,33-,34?/m0/s1. The molecule has 1 heterocycles. The number of carboxylic acids is 1. The second-order valence-electron chi connectivity index (χ2n) is 15.6. The van der Waals surface area contributed by atoms with Crippen molar-refractivity contribution in [3.8, 4) is 0 Å². The molecule has 0 amide bonds. The van der Waals surface area contributed by atoms with E-state index in [9.17, 15) is 32.8 Å². The Morgan fingerprint density at radius 3 is 2.30 bits per heavy atom. The van der Waals surface area contributed by atoms with Crippen LogP contribution in [0.15, 0.2) is 23.3 Å². The lowest BCUT2D eigenvalue weighted by Gasteiger charge is -2.55. The van der Waals surface area contributed by atoms with Crippen LogP contribution in [0.25, 0.3) is 0 Å². The number of rotatable bonds is 11. The fraction of sp³-hybridized carbons (Fsp3) is 0.824. The summed E-state index contributed by atoms with van der Waals surface area (Å²) in [6.45, 7) is 14.1. The lowest BCUT2D eigenvalue weighted by molar-refractivity contribution is -0.160. The molecule has 0 bridgehead atoms. The first kappa shape index (κ1) is 35.5. The van der Waals surface area contributed by atoms with Gasteiger partial charge in [-0.15, -0.1) is 0 Å². The number of epoxide rings is 1. The van der Waals surface area contributed by atoms with Crippen molar-refractivity contribution in [2.45, 2.75) is 129 Å². The highest BCUT2D eigenvalue weighted by atomic mass is 32.3. The Kier molecular flexibility index (Phi) is 9.45. The lowest BCUT2D eigenvalue weighted by atomic mass is 9.47. The summed E-state index contributed by atoms with van der Waals surface area (Å²) < 4.78 is 48.7. The molecule has 1 aliphatic heterocycles. The number of esters is 1. The summed E-state index contributed by atoms with van der Waals surface area (Å²) in [5.41, 5.74) is 5.68. The third-order valence-electron chi connectivity index (χ3n) is 12.6. The highest BCUT2D eigenvalue weighted by Gasteiger charge is 2.78. The number of hydrogen-bond donors (Lipinski definition) is 4. The van der Waals surface area contributed by atoms with Gasteiger partial charge in [0.05, 0.1) is 5.41 Å². The Bertz CT molecular complexity index is 1390. The first-order valence-corrected chi connectivity index (χ1v) is 18.3. The van der Waals surface area contributed by atoms with Crippen molar-refractivity contribution >= 4 is 22.3 Å². The molecule has 4 aliphatic carbocycles. The summed E-state index contributed by atoms with van der Waals surface area (Å²) in [6.07, 6.45) is 5.08. The zero-order valence-corrected chi connectivity index (χ0v) is 29.0. The quantitative estimate of drug-likeness (QED) is 0.106. The predicted octanol–water partition coefficient (Wildman–Crippen LogP) is 4.44. The Labute approximate surface area is 273 Å². The minimum Gasteiger partial charge on any atom is -0.481 e. The minimum atomic E-state index is -4.84. The fourth-order valence-corrected chi connectivity index (χ4v) is 10.3. The maximum absolute atomic E-state index is 13.2. The van der Waals surface area contributed by atoms with Gasteiger partial charge in [0, 0.05) is 11.8 Å². The van der Waals surface area contributed by atoms with Gasteiger partial charge in [0.1, 0.15) is 36.1 Å². The number of carboxylic acid groups (broad SMARTS) is 1. The molecule has 11 nitrogen and oxygen atoms in total. The number of ether oxygens (including phenoxy) is 2. The predicted molar refractivity (Wildman–Crippen MR) is 170 cm³/mol. The van der Waals surface area contributed by atoms with E-state index in [1.54, 1.807) is 13.8 Å². The van der Waals surface area contributed by atoms with Gasteiger partial charge in [-0.05, 0) is 79.6 Å². The molecular formula is C34H53NO10S. The van der Waals surface area contributed by atoms with E-state index in [2.05, 4.69) is 51.0 Å². The molecule has 5 aliphatic rings. The van der Waals surface area contributed by atoms with Crippen LogP contribution in [-0.4, -0.2) is 71.2 Å². The molecule has 0 aromatic rings. The molecule has 0 radical (unpaired) electrons. The molecule has 4 fully saturated rings. The van der Waals surface area contributed by atoms with Crippen LogP contribution >= 0.6 is 0 Å². The van der Waals surface area contributed by atoms with Gasteiger partial charge in [-0.1, -0.05) is 66.2 Å². The number of aliphatic hydroxyl groups is 1. The van der Waals surface area contributed by atoms with Crippen molar-refractivity contribution in [3.05, 3.63) is 23.3 Å². The Balaban J connectivity index is 1.38. The number of fused-ring (bicyclic) bond motifs is 3. The Hall–Kier alpha value is -1.83. The van der Waals surface area contributed by atoms with Crippen LogP contribution in [0.5, 0.6) is 0 Å². The van der Waals surface area contributed by atoms with Crippen molar-refractivity contribution in [1.29, 1.82) is 0 Å². The third kappa shape index (κ3) is 5.68. The first-order chi connectivity index (χ1) is 21.3. The molecule has 260 valence electrons. The molecule has 12 heteroatoms. The average Bonchev–Trinajstić information content (AvgIpc) is 3.56. The van der Waals surface area contributed by atoms with E-state index in [0.717, 1.165) is 17.6 Å². The minimum absolute atomic E-state index is 0.0540. The summed E-state index contributed by atoms with van der Waals surface area (Å²) >= 11 is 0. The maximum Gasteiger partial charge on any atom is 0.397 e. The zero-order chi connectivity index (χ0) is 34.1. The number of aliphatic carboxylic acids is 1. The largest absolute Gasteiger partial charge is 0.481 e. The number of carbonyl (C=O) groups is 2. The van der Waals surface area contributed by atoms with Crippen LogP contribution < -0.4 is 5.73 Å². The van der Waals surface area contributed by atoms with E-state index in [0.29, 0.717) is 50.4 Å². The summed E-state index contributed by atoms with van der Waals surface area (Å²) in [7, 11) is -4.84. The van der Waals surface area contributed by atoms with Crippen molar-refractivity contribution < 1.29 is 46.4 Å². The van der Waals surface area contributed by atoms with Gasteiger partial charge in [0.25, 0.3) is 0 Å². The highest BCUT2D eigenvalue weighted by Crippen LogP contribution is 2.72. The van der Waals surface area contributed by atoms with Crippen molar-refractivity contribution in [1.82, 2.24) is 0 Å². The summed E-state index contributed by atoms with van der Waals surface area (Å²) in [6, 6.07) is -1.44. The summed E-state index contributed by atoms with van der Waals surface area (Å²) in [5, 5.41) is 22.7. The maximum atomic E-state index is 13.2. The van der Waals surface area contributed by atoms with Crippen molar-refractivity contribution in [2.24, 2.45) is 52.1 Å². The van der Waals surface area contributed by atoms with Crippen molar-refractivity contribution in [2.75, 3.05) is 0 Å². The smallest absolute Gasteiger partial charge is 0.397 e. The molecule has 1 saturated heterocycles. The van der Waals surface area contributed by atoms with Gasteiger partial charge in [0.15, 0.2) is 0 Å². The van der Waals surface area contributed by atoms with Gasteiger partial charge in [-0.3, -0.25) is 14.1 Å². The normalized spacial score (nSPS) is 39.7. The van der Waals surface area contributed by atoms with Gasteiger partial charge >= 0.3 is 22.3 Å². The van der Waals surface area contributed by atoms with E-state index < -0.39 is 69.7 Å². The summed E-state index contributed by atoms with van der Waals surface area (Å²) in [4.78, 5) is 26.3. The second kappa shape index (κ2) is 12.2. The van der Waals surface area contributed by atoms with Gasteiger partial charge in [-0.2, -0.15) is 8.42 Å². The monoisotopic (exact) mass is 667 g/mol. The van der Waals surface area contributed by atoms with Crippen LogP contribution in [0.4, 0.5) is 0 Å². The molecule has 5 N–H and O–H groups in total. The van der Waals surface area contributed by atoms with Gasteiger partial charge in [0.2, 0.25) is 0 Å². The number of carbonyl (C=O) groups excluding carboxylic acids is 1. The molecule has 0 aromatic carbocycles. The highest BCUT2D eigenvalue weighted by molar-refractivity contribution is 7.80. The van der Waals surface area contributed by atoms with E-state index in [1.807, 2.05) is 0 Å². The van der Waals surface area contributed by atoms with E-state index in [4.69, 9.17) is 15.2 Å². The summed E-state index contributed by atoms with van der Waals surface area (Å²) in [5.74, 6) is -1.29. The van der Waals surface area contributed by atoms with Crippen LogP contribution in [0.3, 0.4) is 0 Å². The number of aliphatic hydroxyl groups excluding tert-OH is 1. The molecule has 46 heavy (non-hydrogen) atoms. The van der Waals surface area contributed by atoms with Crippen LogP contribution in [-0.2, 0) is 33.6 Å². The average molecular weight is 668 g/mol. The van der Waals surface area contributed by atoms with Crippen LogP contribution in [0, 0.1) is 46.3 Å². The number of hydrogen-bond acceptors (Lipinski definition) is 9. The van der Waals surface area contributed by atoms with Crippen molar-refractivity contribution in [3.63, 3.8) is 0 Å². The molecule has 2 unspecified atom stereocenters. The van der Waals surface area contributed by atoms with Crippen LogP contribution in [0.1, 0.15) is 93.4 Å². The molecular weight excluding hydrogens is 614 g/mol. The second-order valence-corrected chi connectivity index (χ2v) is 16.7. The first-order valence-electron chi connectivity index (χ1n) is 16.9. The van der Waals surface area contributed by atoms with E-state index in [1.165, 1.54) is 0 Å². The Morgan fingerprint density at radius 2 is 1.72 bits per heavy atom. The Morgan fingerprint density at radius 1 is 1.04 bits per heavy atom. The lowest BCUT2D eigenvalue weighted by Crippen LogP contribution is -2.59.